The quantitative estimate of drug-likeness (QED) is 0.0280. The van der Waals surface area contributed by atoms with Gasteiger partial charge in [-0.1, -0.05) is 232 Å². The molecular weight excluding hydrogens is 1030 g/mol. The summed E-state index contributed by atoms with van der Waals surface area (Å²) in [5, 5.41) is 120. The van der Waals surface area contributed by atoms with Crippen LogP contribution in [0.15, 0.2) is 0 Å². The van der Waals surface area contributed by atoms with Crippen molar-refractivity contribution in [1.29, 1.82) is 0 Å². The highest BCUT2D eigenvalue weighted by molar-refractivity contribution is 5.76. The van der Waals surface area contributed by atoms with Crippen molar-refractivity contribution in [3.63, 3.8) is 0 Å². The predicted molar refractivity (Wildman–Crippen MR) is 305 cm³/mol. The molecule has 0 spiro atoms. The molecule has 17 atom stereocenters. The van der Waals surface area contributed by atoms with Crippen LogP contribution in [0.25, 0.3) is 0 Å². The Balaban J connectivity index is 1.47. The largest absolute Gasteiger partial charge is 0.394 e. The van der Waals surface area contributed by atoms with E-state index in [4.69, 9.17) is 28.4 Å². The van der Waals surface area contributed by atoms with Gasteiger partial charge < -0.3 is 89.9 Å². The van der Waals surface area contributed by atoms with Crippen LogP contribution in [0.1, 0.15) is 251 Å². The van der Waals surface area contributed by atoms with Gasteiger partial charge in [-0.2, -0.15) is 0 Å². The van der Waals surface area contributed by atoms with E-state index < -0.39 is 124 Å². The third-order valence-corrected chi connectivity index (χ3v) is 16.7. The molecule has 17 unspecified atom stereocenters. The molecule has 0 radical (unpaired) electrons. The number of unbranched alkanes of at least 4 members (excludes halogenated alkanes) is 33. The lowest BCUT2D eigenvalue weighted by atomic mass is 9.96. The predicted octanol–water partition coefficient (Wildman–Crippen LogP) is 6.77. The van der Waals surface area contributed by atoms with Crippen LogP contribution in [0.5, 0.6) is 0 Å². The van der Waals surface area contributed by atoms with Gasteiger partial charge in [0.2, 0.25) is 5.91 Å². The first-order valence-electron chi connectivity index (χ1n) is 32.3. The number of hydrogen-bond donors (Lipinski definition) is 12. The van der Waals surface area contributed by atoms with Crippen molar-refractivity contribution in [2.24, 2.45) is 0 Å². The van der Waals surface area contributed by atoms with E-state index in [1.165, 1.54) is 173 Å². The second-order valence-corrected chi connectivity index (χ2v) is 23.6. The SMILES string of the molecule is CCCCCCCCCCCCCCCCCCCCCC(O)C(COC1OC(CO)C(OC2OC(CO)C(OC3OC(CO)C(O)C(O)C3O)C(O)C2O)C(O)C1O)NC(=O)CCCCCCCCCCCCCCCCCC. The van der Waals surface area contributed by atoms with Crippen LogP contribution < -0.4 is 5.32 Å². The number of rotatable bonds is 49. The van der Waals surface area contributed by atoms with Gasteiger partial charge in [-0.3, -0.25) is 4.79 Å². The number of carbonyl (C=O) groups is 1. The minimum Gasteiger partial charge on any atom is -0.394 e. The summed E-state index contributed by atoms with van der Waals surface area (Å²) in [5.74, 6) is -0.238. The van der Waals surface area contributed by atoms with Gasteiger partial charge in [0, 0.05) is 6.42 Å². The summed E-state index contributed by atoms with van der Waals surface area (Å²) in [7, 11) is 0. The maximum absolute atomic E-state index is 13.4. The lowest BCUT2D eigenvalue weighted by Gasteiger charge is -2.48. The molecule has 12 N–H and O–H groups in total. The average Bonchev–Trinajstić information content (AvgIpc) is 3.50. The maximum atomic E-state index is 13.4. The minimum atomic E-state index is -1.97. The Morgan fingerprint density at radius 3 is 1.09 bits per heavy atom. The monoisotopic (exact) mass is 1150 g/mol. The normalized spacial score (nSPS) is 29.9. The molecule has 0 bridgehead atoms. The van der Waals surface area contributed by atoms with Crippen LogP contribution in [0.2, 0.25) is 0 Å². The Bertz CT molecular complexity index is 1470. The molecule has 3 rings (SSSR count). The van der Waals surface area contributed by atoms with Gasteiger partial charge in [0.1, 0.15) is 73.2 Å². The summed E-state index contributed by atoms with van der Waals surface area (Å²) in [6.45, 7) is 1.82. The molecule has 3 saturated heterocycles. The second kappa shape index (κ2) is 45.2. The third kappa shape index (κ3) is 28.3. The molecule has 80 heavy (non-hydrogen) atoms. The molecule has 0 aromatic carbocycles. The smallest absolute Gasteiger partial charge is 0.220 e. The van der Waals surface area contributed by atoms with Crippen molar-refractivity contribution in [3.8, 4) is 0 Å². The van der Waals surface area contributed by atoms with Crippen LogP contribution in [0.3, 0.4) is 0 Å². The van der Waals surface area contributed by atoms with Crippen molar-refractivity contribution >= 4 is 5.91 Å². The second-order valence-electron chi connectivity index (χ2n) is 23.6. The van der Waals surface area contributed by atoms with E-state index >= 15 is 0 Å². The van der Waals surface area contributed by atoms with E-state index in [2.05, 4.69) is 19.2 Å². The van der Waals surface area contributed by atoms with E-state index in [0.717, 1.165) is 44.9 Å². The number of aliphatic hydroxyl groups is 11. The molecule has 3 aliphatic heterocycles. The van der Waals surface area contributed by atoms with Crippen molar-refractivity contribution in [2.45, 2.75) is 356 Å². The lowest BCUT2D eigenvalue weighted by molar-refractivity contribution is -0.379. The Kier molecular flexibility index (Phi) is 41.2. The topological polar surface area (TPSA) is 307 Å². The molecule has 0 saturated carbocycles. The molecular formula is C61H117NO18. The molecule has 474 valence electrons. The number of amides is 1. The summed E-state index contributed by atoms with van der Waals surface area (Å²) in [6, 6.07) is -0.880. The standard InChI is InChI=1S/C61H117NO18/c1-3-5-7-9-11-13-15-17-19-21-22-23-24-26-28-30-32-34-36-38-45(66)44(62-49(67)39-37-35-33-31-29-27-25-20-18-16-14-12-10-8-6-4-2)43-75-59-55(73)52(70)57(47(41-64)77-59)80-61-56(74)53(71)58(48(42-65)78-61)79-60-54(72)51(69)50(68)46(40-63)76-60/h44-48,50-61,63-66,68-74H,3-43H2,1-2H3,(H,62,67). The third-order valence-electron chi connectivity index (χ3n) is 16.7. The fourth-order valence-corrected chi connectivity index (χ4v) is 11.4. The molecule has 0 aromatic heterocycles. The first-order chi connectivity index (χ1) is 38.8. The molecule has 19 nitrogen and oxygen atoms in total. The molecule has 0 aromatic rings. The van der Waals surface area contributed by atoms with Crippen molar-refractivity contribution in [3.05, 3.63) is 0 Å². The highest BCUT2D eigenvalue weighted by Crippen LogP contribution is 2.33. The molecule has 3 fully saturated rings. The van der Waals surface area contributed by atoms with Crippen LogP contribution in [-0.2, 0) is 33.2 Å². The fourth-order valence-electron chi connectivity index (χ4n) is 11.4. The summed E-state index contributed by atoms with van der Waals surface area (Å²) in [6.07, 6.45) is 17.5. The number of carbonyl (C=O) groups excluding carboxylic acids is 1. The highest BCUT2D eigenvalue weighted by atomic mass is 16.8. The van der Waals surface area contributed by atoms with Crippen molar-refractivity contribution in [2.75, 3.05) is 26.4 Å². The molecule has 3 heterocycles. The Hall–Kier alpha value is -1.21. The minimum absolute atomic E-state index is 0.238. The Morgan fingerprint density at radius 2 is 0.713 bits per heavy atom. The summed E-state index contributed by atoms with van der Waals surface area (Å²) in [5.41, 5.74) is 0. The number of aliphatic hydroxyl groups excluding tert-OH is 11. The van der Waals surface area contributed by atoms with Gasteiger partial charge in [0.15, 0.2) is 18.9 Å². The Morgan fingerprint density at radius 1 is 0.400 bits per heavy atom. The zero-order chi connectivity index (χ0) is 58.3. The van der Waals surface area contributed by atoms with Crippen LogP contribution in [0.4, 0.5) is 0 Å². The van der Waals surface area contributed by atoms with Gasteiger partial charge in [0.25, 0.3) is 0 Å². The van der Waals surface area contributed by atoms with Crippen molar-refractivity contribution < 1.29 is 89.4 Å². The van der Waals surface area contributed by atoms with Gasteiger partial charge in [0.05, 0.1) is 38.6 Å². The van der Waals surface area contributed by atoms with E-state index in [9.17, 15) is 61.0 Å². The van der Waals surface area contributed by atoms with Gasteiger partial charge in [-0.25, -0.2) is 0 Å². The zero-order valence-electron chi connectivity index (χ0n) is 49.6. The van der Waals surface area contributed by atoms with Crippen LogP contribution in [-0.4, -0.2) is 193 Å². The van der Waals surface area contributed by atoms with Gasteiger partial charge in [-0.05, 0) is 12.8 Å². The fraction of sp³-hybridized carbons (Fsp3) is 0.984. The first kappa shape index (κ1) is 73.0. The molecule has 1 amide bonds. The van der Waals surface area contributed by atoms with E-state index in [-0.39, 0.29) is 18.9 Å². The van der Waals surface area contributed by atoms with E-state index in [0.29, 0.717) is 12.8 Å². The van der Waals surface area contributed by atoms with E-state index in [1.807, 2.05) is 0 Å². The van der Waals surface area contributed by atoms with Crippen LogP contribution in [0, 0.1) is 0 Å². The zero-order valence-corrected chi connectivity index (χ0v) is 49.6. The first-order valence-corrected chi connectivity index (χ1v) is 32.3. The number of ether oxygens (including phenoxy) is 6. The number of hydrogen-bond acceptors (Lipinski definition) is 18. The van der Waals surface area contributed by atoms with Crippen LogP contribution >= 0.6 is 0 Å². The molecule has 3 aliphatic rings. The highest BCUT2D eigenvalue weighted by Gasteiger charge is 2.53. The average molecular weight is 1150 g/mol. The molecule has 0 aliphatic carbocycles. The Labute approximate surface area is 481 Å². The summed E-state index contributed by atoms with van der Waals surface area (Å²) >= 11 is 0. The summed E-state index contributed by atoms with van der Waals surface area (Å²) < 4.78 is 34.4. The maximum Gasteiger partial charge on any atom is 0.220 e. The van der Waals surface area contributed by atoms with E-state index in [1.54, 1.807) is 0 Å². The number of nitrogens with one attached hydrogen (secondary N) is 1. The van der Waals surface area contributed by atoms with Crippen molar-refractivity contribution in [1.82, 2.24) is 5.32 Å². The summed E-state index contributed by atoms with van der Waals surface area (Å²) in [4.78, 5) is 13.4. The lowest BCUT2D eigenvalue weighted by Crippen LogP contribution is -2.66. The molecule has 19 heteroatoms. The van der Waals surface area contributed by atoms with Gasteiger partial charge >= 0.3 is 0 Å². The van der Waals surface area contributed by atoms with Gasteiger partial charge in [-0.15, -0.1) is 0 Å².